The molecule has 0 saturated carbocycles. The molecule has 1 aliphatic rings. The van der Waals surface area contributed by atoms with Gasteiger partial charge in [-0.25, -0.2) is 19.3 Å². The first-order valence-electron chi connectivity index (χ1n) is 12.3. The molecule has 0 radical (unpaired) electrons. The topological polar surface area (TPSA) is 108 Å². The van der Waals surface area contributed by atoms with Gasteiger partial charge in [0.2, 0.25) is 5.95 Å². The number of rotatable bonds is 8. The minimum atomic E-state index is -0.287. The molecule has 10 heteroatoms. The third kappa shape index (κ3) is 4.85. The molecule has 1 aliphatic heterocycles. The number of aromatic amines is 1. The van der Waals surface area contributed by atoms with Gasteiger partial charge in [-0.3, -0.25) is 4.68 Å². The van der Waals surface area contributed by atoms with Crippen molar-refractivity contribution < 1.29 is 4.39 Å². The highest BCUT2D eigenvalue weighted by Crippen LogP contribution is 2.23. The molecule has 6 rings (SSSR count). The summed E-state index contributed by atoms with van der Waals surface area (Å²) < 4.78 is 15.5. The van der Waals surface area contributed by atoms with Crippen molar-refractivity contribution >= 4 is 39.5 Å². The molecule has 1 fully saturated rings. The zero-order valence-electron chi connectivity index (χ0n) is 19.8. The molecule has 184 valence electrons. The van der Waals surface area contributed by atoms with E-state index in [-0.39, 0.29) is 5.82 Å². The molecule has 36 heavy (non-hydrogen) atoms. The number of H-pyrrole nitrogens is 1. The fraction of sp³-hybridized carbons (Fsp3) is 0.308. The summed E-state index contributed by atoms with van der Waals surface area (Å²) in [6.45, 7) is 3.77. The van der Waals surface area contributed by atoms with E-state index >= 15 is 0 Å². The van der Waals surface area contributed by atoms with Gasteiger partial charge in [0.15, 0.2) is 5.82 Å². The van der Waals surface area contributed by atoms with Crippen LogP contribution in [0.5, 0.6) is 0 Å². The zero-order valence-corrected chi connectivity index (χ0v) is 19.8. The van der Waals surface area contributed by atoms with E-state index in [1.165, 1.54) is 17.7 Å². The molecule has 9 nitrogen and oxygen atoms in total. The Morgan fingerprint density at radius 2 is 1.89 bits per heavy atom. The van der Waals surface area contributed by atoms with E-state index in [9.17, 15) is 4.39 Å². The average Bonchev–Trinajstić information content (AvgIpc) is 3.49. The van der Waals surface area contributed by atoms with Gasteiger partial charge in [0, 0.05) is 18.8 Å². The summed E-state index contributed by atoms with van der Waals surface area (Å²) in [7, 11) is 0. The smallest absolute Gasteiger partial charge is 0.205 e. The summed E-state index contributed by atoms with van der Waals surface area (Å²) in [4.78, 5) is 16.5. The van der Waals surface area contributed by atoms with Crippen LogP contribution >= 0.6 is 0 Å². The van der Waals surface area contributed by atoms with E-state index in [4.69, 9.17) is 0 Å². The SMILES string of the molecule is Fc1ccc2nc(Nc3ccc(CCNc4ncnc5cnn(CC6CCNCC6)c45)cc3)[nH]c2c1. The Hall–Kier alpha value is -4.05. The minimum absolute atomic E-state index is 0.287. The number of imidazole rings is 1. The fourth-order valence-corrected chi connectivity index (χ4v) is 4.76. The van der Waals surface area contributed by atoms with E-state index in [1.807, 2.05) is 18.3 Å². The third-order valence-corrected chi connectivity index (χ3v) is 6.68. The normalized spacial score (nSPS) is 14.5. The van der Waals surface area contributed by atoms with Crippen molar-refractivity contribution in [1.82, 2.24) is 35.0 Å². The van der Waals surface area contributed by atoms with Crippen molar-refractivity contribution in [3.05, 3.63) is 66.4 Å². The molecular formula is C26H28FN9. The lowest BCUT2D eigenvalue weighted by atomic mass is 9.98. The number of nitrogens with zero attached hydrogens (tertiary/aromatic N) is 5. The number of hydrogen-bond acceptors (Lipinski definition) is 7. The van der Waals surface area contributed by atoms with Crippen LogP contribution < -0.4 is 16.0 Å². The van der Waals surface area contributed by atoms with Crippen molar-refractivity contribution in [1.29, 1.82) is 0 Å². The summed E-state index contributed by atoms with van der Waals surface area (Å²) in [6.07, 6.45) is 6.59. The van der Waals surface area contributed by atoms with Crippen LogP contribution in [0.1, 0.15) is 18.4 Å². The number of fused-ring (bicyclic) bond motifs is 2. The van der Waals surface area contributed by atoms with E-state index < -0.39 is 0 Å². The molecule has 0 amide bonds. The Balaban J connectivity index is 1.08. The van der Waals surface area contributed by atoms with Crippen LogP contribution in [0.15, 0.2) is 55.0 Å². The van der Waals surface area contributed by atoms with Gasteiger partial charge in [-0.05, 0) is 74.2 Å². The van der Waals surface area contributed by atoms with Gasteiger partial charge in [-0.15, -0.1) is 0 Å². The lowest BCUT2D eigenvalue weighted by Crippen LogP contribution is -2.30. The van der Waals surface area contributed by atoms with Crippen LogP contribution in [0.2, 0.25) is 0 Å². The number of hydrogen-bond donors (Lipinski definition) is 4. The lowest BCUT2D eigenvalue weighted by molar-refractivity contribution is 0.325. The summed E-state index contributed by atoms with van der Waals surface area (Å²) in [5.41, 5.74) is 5.33. The van der Waals surface area contributed by atoms with Crippen molar-refractivity contribution in [3.63, 3.8) is 0 Å². The van der Waals surface area contributed by atoms with Gasteiger partial charge < -0.3 is 20.9 Å². The molecule has 0 aliphatic carbocycles. The lowest BCUT2D eigenvalue weighted by Gasteiger charge is -2.22. The highest BCUT2D eigenvalue weighted by atomic mass is 19.1. The number of piperidine rings is 1. The highest BCUT2D eigenvalue weighted by molar-refractivity contribution is 5.85. The van der Waals surface area contributed by atoms with Crippen molar-refractivity contribution in [2.24, 2.45) is 5.92 Å². The van der Waals surface area contributed by atoms with Crippen LogP contribution in [-0.2, 0) is 13.0 Å². The monoisotopic (exact) mass is 485 g/mol. The Bertz CT molecular complexity index is 1470. The summed E-state index contributed by atoms with van der Waals surface area (Å²) >= 11 is 0. The predicted octanol–water partition coefficient (Wildman–Crippen LogP) is 4.24. The van der Waals surface area contributed by atoms with Crippen molar-refractivity contribution in [2.45, 2.75) is 25.8 Å². The molecule has 0 bridgehead atoms. The number of aromatic nitrogens is 6. The molecule has 4 N–H and O–H groups in total. The van der Waals surface area contributed by atoms with E-state index in [0.29, 0.717) is 17.4 Å². The molecule has 0 unspecified atom stereocenters. The maximum atomic E-state index is 13.4. The largest absolute Gasteiger partial charge is 0.368 e. The molecular weight excluding hydrogens is 457 g/mol. The summed E-state index contributed by atoms with van der Waals surface area (Å²) in [6, 6.07) is 12.7. The predicted molar refractivity (Wildman–Crippen MR) is 139 cm³/mol. The van der Waals surface area contributed by atoms with Crippen molar-refractivity contribution in [3.8, 4) is 0 Å². The van der Waals surface area contributed by atoms with Gasteiger partial charge in [-0.2, -0.15) is 5.10 Å². The zero-order chi connectivity index (χ0) is 24.3. The Labute approximate surface area is 207 Å². The maximum Gasteiger partial charge on any atom is 0.205 e. The van der Waals surface area contributed by atoms with Gasteiger partial charge in [0.1, 0.15) is 23.2 Å². The van der Waals surface area contributed by atoms with Gasteiger partial charge in [-0.1, -0.05) is 12.1 Å². The van der Waals surface area contributed by atoms with Crippen LogP contribution in [-0.4, -0.2) is 49.4 Å². The molecule has 5 aromatic rings. The number of anilines is 3. The maximum absolute atomic E-state index is 13.4. The van der Waals surface area contributed by atoms with E-state index in [0.717, 1.165) is 73.5 Å². The van der Waals surface area contributed by atoms with Crippen LogP contribution in [0.25, 0.3) is 22.1 Å². The Morgan fingerprint density at radius 1 is 1.03 bits per heavy atom. The number of nitrogens with one attached hydrogen (secondary N) is 4. The van der Waals surface area contributed by atoms with Crippen LogP contribution in [0, 0.1) is 11.7 Å². The molecule has 1 saturated heterocycles. The second-order valence-corrected chi connectivity index (χ2v) is 9.22. The second-order valence-electron chi connectivity index (χ2n) is 9.22. The van der Waals surface area contributed by atoms with Gasteiger partial charge in [0.25, 0.3) is 0 Å². The Morgan fingerprint density at radius 3 is 2.75 bits per heavy atom. The highest BCUT2D eigenvalue weighted by Gasteiger charge is 2.17. The van der Waals surface area contributed by atoms with E-state index in [2.05, 4.69) is 57.8 Å². The van der Waals surface area contributed by atoms with Crippen molar-refractivity contribution in [2.75, 3.05) is 30.3 Å². The van der Waals surface area contributed by atoms with Gasteiger partial charge >= 0.3 is 0 Å². The average molecular weight is 486 g/mol. The number of benzene rings is 2. The first-order valence-corrected chi connectivity index (χ1v) is 12.3. The second kappa shape index (κ2) is 9.90. The fourth-order valence-electron chi connectivity index (χ4n) is 4.76. The summed E-state index contributed by atoms with van der Waals surface area (Å²) in [5.74, 6) is 1.74. The molecule has 2 aromatic carbocycles. The standard InChI is InChI=1S/C26H28FN9/c27-19-3-6-21-22(13-19)35-26(34-21)33-20-4-1-17(2-5-20)9-12-29-25-24-23(30-16-31-25)14-32-36(24)15-18-7-10-28-11-8-18/h1-6,13-14,16,18,28H,7-12,15H2,(H,29,30,31)(H2,33,34,35). The molecule has 0 atom stereocenters. The number of halogens is 1. The Kier molecular flexibility index (Phi) is 6.17. The molecule has 3 aromatic heterocycles. The van der Waals surface area contributed by atoms with Gasteiger partial charge in [0.05, 0.1) is 17.2 Å². The summed E-state index contributed by atoms with van der Waals surface area (Å²) in [5, 5.41) is 14.8. The molecule has 4 heterocycles. The quantitative estimate of drug-likeness (QED) is 0.260. The molecule has 0 spiro atoms. The minimum Gasteiger partial charge on any atom is -0.368 e. The first kappa shape index (κ1) is 22.4. The van der Waals surface area contributed by atoms with E-state index in [1.54, 1.807) is 12.4 Å². The van der Waals surface area contributed by atoms with Crippen LogP contribution in [0.3, 0.4) is 0 Å². The third-order valence-electron chi connectivity index (χ3n) is 6.68. The van der Waals surface area contributed by atoms with Crippen LogP contribution in [0.4, 0.5) is 21.8 Å². The first-order chi connectivity index (χ1) is 17.7.